The van der Waals surface area contributed by atoms with Gasteiger partial charge in [-0.1, -0.05) is 13.3 Å². The Balaban J connectivity index is 3.16. The van der Waals surface area contributed by atoms with Crippen LogP contribution in [0.25, 0.3) is 0 Å². The Morgan fingerprint density at radius 2 is 2.10 bits per heavy atom. The second-order valence-corrected chi connectivity index (χ2v) is 7.84. The lowest BCUT2D eigenvalue weighted by Crippen LogP contribution is -2.47. The average molecular weight is 338 g/mol. The van der Waals surface area contributed by atoms with E-state index in [-0.39, 0.29) is 17.2 Å². The average Bonchev–Trinajstić information content (AvgIpc) is 2.72. The van der Waals surface area contributed by atoms with Crippen LogP contribution in [-0.4, -0.2) is 43.8 Å². The normalized spacial score (nSPS) is 12.4. The summed E-state index contributed by atoms with van der Waals surface area (Å²) >= 11 is 0. The van der Waals surface area contributed by atoms with E-state index in [9.17, 15) is 13.2 Å². The summed E-state index contributed by atoms with van der Waals surface area (Å²) in [6, 6.07) is 0. The van der Waals surface area contributed by atoms with Gasteiger partial charge >= 0.3 is 0 Å². The van der Waals surface area contributed by atoms with Crippen LogP contribution in [0.3, 0.4) is 0 Å². The van der Waals surface area contributed by atoms with Crippen molar-refractivity contribution < 1.29 is 17.9 Å². The highest BCUT2D eigenvalue weighted by atomic mass is 35.7. The fourth-order valence-corrected chi connectivity index (χ4v) is 3.28. The summed E-state index contributed by atoms with van der Waals surface area (Å²) in [4.78, 5) is 12.0. The van der Waals surface area contributed by atoms with Gasteiger partial charge in [-0.2, -0.15) is 5.10 Å². The van der Waals surface area contributed by atoms with Gasteiger partial charge in [0.25, 0.3) is 15.0 Å². The number of carbonyl (C=O) groups excluding carboxylic acids is 1. The Labute approximate surface area is 128 Å². The maximum Gasteiger partial charge on any atom is 0.273 e. The number of amides is 1. The molecule has 2 N–H and O–H groups in total. The molecule has 0 aromatic carbocycles. The predicted molar refractivity (Wildman–Crippen MR) is 79.0 cm³/mol. The van der Waals surface area contributed by atoms with E-state index in [4.69, 9.17) is 15.4 Å². The molecule has 0 fully saturated rings. The van der Waals surface area contributed by atoms with Gasteiger partial charge in [0, 0.05) is 17.8 Å². The van der Waals surface area contributed by atoms with Crippen LogP contribution in [0.5, 0.6) is 0 Å². The SMILES string of the molecule is CCCc1[nH]nc(C(=O)NC(C)(C)COC)c1S(=O)(=O)Cl. The van der Waals surface area contributed by atoms with E-state index < -0.39 is 20.5 Å². The van der Waals surface area contributed by atoms with Crippen LogP contribution >= 0.6 is 10.7 Å². The molecule has 9 heteroatoms. The molecule has 0 aliphatic rings. The van der Waals surface area contributed by atoms with Gasteiger partial charge < -0.3 is 10.1 Å². The van der Waals surface area contributed by atoms with Gasteiger partial charge in [0.2, 0.25) is 0 Å². The monoisotopic (exact) mass is 337 g/mol. The molecule has 0 spiro atoms. The van der Waals surface area contributed by atoms with E-state index in [0.717, 1.165) is 0 Å². The molecule has 21 heavy (non-hydrogen) atoms. The predicted octanol–water partition coefficient (Wildman–Crippen LogP) is 1.44. The molecule has 1 aromatic heterocycles. The van der Waals surface area contributed by atoms with Crippen LogP contribution in [-0.2, 0) is 20.2 Å². The molecule has 1 aromatic rings. The third-order valence-electron chi connectivity index (χ3n) is 2.71. The summed E-state index contributed by atoms with van der Waals surface area (Å²) in [5, 5.41) is 9.05. The number of aromatic amines is 1. The maximum atomic E-state index is 12.2. The quantitative estimate of drug-likeness (QED) is 0.733. The second-order valence-electron chi connectivity index (χ2n) is 5.34. The Morgan fingerprint density at radius 3 is 2.57 bits per heavy atom. The van der Waals surface area contributed by atoms with Crippen LogP contribution in [0.15, 0.2) is 4.90 Å². The fraction of sp³-hybridized carbons (Fsp3) is 0.667. The van der Waals surface area contributed by atoms with Crippen LogP contribution in [0.4, 0.5) is 0 Å². The first kappa shape index (κ1) is 17.9. The molecule has 0 aliphatic carbocycles. The lowest BCUT2D eigenvalue weighted by Gasteiger charge is -2.24. The summed E-state index contributed by atoms with van der Waals surface area (Å²) in [6.07, 6.45) is 1.13. The molecule has 1 amide bonds. The van der Waals surface area contributed by atoms with Crippen molar-refractivity contribution in [3.63, 3.8) is 0 Å². The van der Waals surface area contributed by atoms with Crippen molar-refractivity contribution >= 4 is 25.6 Å². The van der Waals surface area contributed by atoms with E-state index in [1.54, 1.807) is 13.8 Å². The van der Waals surface area contributed by atoms with Crippen molar-refractivity contribution in [3.8, 4) is 0 Å². The van der Waals surface area contributed by atoms with Crippen molar-refractivity contribution in [2.45, 2.75) is 44.0 Å². The molecule has 120 valence electrons. The number of hydrogen-bond donors (Lipinski definition) is 2. The topological polar surface area (TPSA) is 101 Å². The van der Waals surface area contributed by atoms with E-state index in [0.29, 0.717) is 18.5 Å². The molecule has 1 heterocycles. The molecule has 0 aliphatic heterocycles. The minimum Gasteiger partial charge on any atom is -0.382 e. The Bertz CT molecular complexity index is 610. The number of rotatable bonds is 7. The summed E-state index contributed by atoms with van der Waals surface area (Å²) in [6.45, 7) is 5.66. The fourth-order valence-electron chi connectivity index (χ4n) is 1.97. The number of aryl methyl sites for hydroxylation is 1. The van der Waals surface area contributed by atoms with Gasteiger partial charge in [-0.05, 0) is 20.3 Å². The zero-order valence-corrected chi connectivity index (χ0v) is 14.1. The molecule has 0 saturated heterocycles. The number of halogens is 1. The van der Waals surface area contributed by atoms with Gasteiger partial charge in [0.1, 0.15) is 4.90 Å². The summed E-state index contributed by atoms with van der Waals surface area (Å²) < 4.78 is 28.4. The van der Waals surface area contributed by atoms with Gasteiger partial charge in [-0.25, -0.2) is 8.42 Å². The molecular weight excluding hydrogens is 318 g/mol. The van der Waals surface area contributed by atoms with Crippen molar-refractivity contribution in [2.75, 3.05) is 13.7 Å². The molecule has 0 bridgehead atoms. The van der Waals surface area contributed by atoms with Crippen LogP contribution in [0.1, 0.15) is 43.4 Å². The molecule has 0 atom stereocenters. The molecule has 0 saturated carbocycles. The number of ether oxygens (including phenoxy) is 1. The molecule has 1 rings (SSSR count). The summed E-state index contributed by atoms with van der Waals surface area (Å²) in [5.41, 5.74) is -0.553. The number of H-pyrrole nitrogens is 1. The van der Waals surface area contributed by atoms with Crippen molar-refractivity contribution in [2.24, 2.45) is 0 Å². The first-order valence-corrected chi connectivity index (χ1v) is 8.76. The third kappa shape index (κ3) is 4.69. The summed E-state index contributed by atoms with van der Waals surface area (Å²) in [7, 11) is 2.87. The van der Waals surface area contributed by atoms with E-state index in [2.05, 4.69) is 15.5 Å². The number of hydrogen-bond acceptors (Lipinski definition) is 5. The molecule has 7 nitrogen and oxygen atoms in total. The van der Waals surface area contributed by atoms with Crippen molar-refractivity contribution in [1.29, 1.82) is 0 Å². The molecular formula is C12H20ClN3O4S. The first-order valence-electron chi connectivity index (χ1n) is 6.45. The van der Waals surface area contributed by atoms with Crippen LogP contribution in [0.2, 0.25) is 0 Å². The Hall–Kier alpha value is -1.12. The van der Waals surface area contributed by atoms with Crippen molar-refractivity contribution in [3.05, 3.63) is 11.4 Å². The van der Waals surface area contributed by atoms with Gasteiger partial charge in [0.05, 0.1) is 17.8 Å². The standard InChI is InChI=1S/C12H20ClN3O4S/c1-5-6-8-10(21(13,18)19)9(16-15-8)11(17)14-12(2,3)7-20-4/h5-7H2,1-4H3,(H,14,17)(H,15,16). The van der Waals surface area contributed by atoms with Crippen LogP contribution in [0, 0.1) is 0 Å². The zero-order valence-electron chi connectivity index (χ0n) is 12.5. The Morgan fingerprint density at radius 1 is 1.48 bits per heavy atom. The number of methoxy groups -OCH3 is 1. The lowest BCUT2D eigenvalue weighted by atomic mass is 10.1. The van der Waals surface area contributed by atoms with E-state index >= 15 is 0 Å². The number of nitrogens with one attached hydrogen (secondary N) is 2. The zero-order chi connectivity index (χ0) is 16.3. The highest BCUT2D eigenvalue weighted by Crippen LogP contribution is 2.24. The van der Waals surface area contributed by atoms with Gasteiger partial charge in [-0.15, -0.1) is 0 Å². The maximum absolute atomic E-state index is 12.2. The number of carbonyl (C=O) groups is 1. The van der Waals surface area contributed by atoms with Crippen LogP contribution < -0.4 is 5.32 Å². The highest BCUT2D eigenvalue weighted by Gasteiger charge is 2.30. The van der Waals surface area contributed by atoms with Gasteiger partial charge in [-0.3, -0.25) is 9.89 Å². The largest absolute Gasteiger partial charge is 0.382 e. The smallest absolute Gasteiger partial charge is 0.273 e. The summed E-state index contributed by atoms with van der Waals surface area (Å²) in [5.74, 6) is -0.616. The second kappa shape index (κ2) is 6.76. The minimum absolute atomic E-state index is 0.224. The third-order valence-corrected chi connectivity index (χ3v) is 4.10. The van der Waals surface area contributed by atoms with E-state index in [1.807, 2.05) is 6.92 Å². The first-order chi connectivity index (χ1) is 9.62. The van der Waals surface area contributed by atoms with Crippen molar-refractivity contribution in [1.82, 2.24) is 15.5 Å². The lowest BCUT2D eigenvalue weighted by molar-refractivity contribution is 0.0812. The number of aromatic nitrogens is 2. The highest BCUT2D eigenvalue weighted by molar-refractivity contribution is 8.13. The molecule has 0 radical (unpaired) electrons. The number of nitrogens with zero attached hydrogens (tertiary/aromatic N) is 1. The van der Waals surface area contributed by atoms with E-state index in [1.165, 1.54) is 7.11 Å². The Kier molecular flexibility index (Phi) is 5.77. The minimum atomic E-state index is -4.07. The van der Waals surface area contributed by atoms with Gasteiger partial charge in [0.15, 0.2) is 5.69 Å². The molecule has 0 unspecified atom stereocenters.